The van der Waals surface area contributed by atoms with Crippen LogP contribution in [0.15, 0.2) is 42.5 Å². The summed E-state index contributed by atoms with van der Waals surface area (Å²) in [5.41, 5.74) is 5.50. The quantitative estimate of drug-likeness (QED) is 0.242. The summed E-state index contributed by atoms with van der Waals surface area (Å²) >= 11 is 2.13. The van der Waals surface area contributed by atoms with Gasteiger partial charge in [0.1, 0.15) is 5.69 Å². The molecule has 0 bridgehead atoms. The number of halogens is 1. The first kappa shape index (κ1) is 17.7. The lowest BCUT2D eigenvalue weighted by atomic mass is 10.2. The first-order chi connectivity index (χ1) is 11.4. The van der Waals surface area contributed by atoms with Gasteiger partial charge in [0.25, 0.3) is 11.6 Å². The molecule has 0 saturated heterocycles. The van der Waals surface area contributed by atoms with Crippen LogP contribution in [0.25, 0.3) is 0 Å². The minimum atomic E-state index is -0.851. The van der Waals surface area contributed by atoms with Crippen molar-refractivity contribution in [2.75, 3.05) is 17.7 Å². The highest BCUT2D eigenvalue weighted by Crippen LogP contribution is 2.22. The van der Waals surface area contributed by atoms with Crippen LogP contribution in [0, 0.1) is 13.7 Å². The molecule has 1 amide bonds. The zero-order valence-corrected chi connectivity index (χ0v) is 14.3. The molecular formula is C15H12IN3O5. The Morgan fingerprint density at radius 3 is 2.50 bits per heavy atom. The molecule has 0 fully saturated rings. The van der Waals surface area contributed by atoms with Crippen molar-refractivity contribution in [2.45, 2.75) is 0 Å². The van der Waals surface area contributed by atoms with Gasteiger partial charge in [-0.25, -0.2) is 4.79 Å². The SMILES string of the molecule is Nc1ccc(C(=O)OCC(=O)Nc2ccc(I)cc2)cc1[N+](=O)[O-]. The number of nitrogen functional groups attached to an aromatic ring is 1. The lowest BCUT2D eigenvalue weighted by Gasteiger charge is -2.07. The minimum absolute atomic E-state index is 0.0574. The van der Waals surface area contributed by atoms with Gasteiger partial charge < -0.3 is 15.8 Å². The highest BCUT2D eigenvalue weighted by Gasteiger charge is 2.17. The Labute approximate surface area is 150 Å². The number of rotatable bonds is 5. The maximum atomic E-state index is 11.9. The Hall–Kier alpha value is -2.69. The summed E-state index contributed by atoms with van der Waals surface area (Å²) in [7, 11) is 0. The third-order valence-corrected chi connectivity index (χ3v) is 3.64. The van der Waals surface area contributed by atoms with Crippen LogP contribution >= 0.6 is 22.6 Å². The van der Waals surface area contributed by atoms with Crippen LogP contribution in [0.4, 0.5) is 17.1 Å². The second-order valence-electron chi connectivity index (χ2n) is 4.66. The fraction of sp³-hybridized carbons (Fsp3) is 0.0667. The Kier molecular flexibility index (Phi) is 5.68. The van der Waals surface area contributed by atoms with E-state index in [0.29, 0.717) is 5.69 Å². The van der Waals surface area contributed by atoms with Crippen LogP contribution in [-0.4, -0.2) is 23.4 Å². The lowest BCUT2D eigenvalue weighted by Crippen LogP contribution is -2.21. The maximum absolute atomic E-state index is 11.9. The maximum Gasteiger partial charge on any atom is 0.338 e. The molecule has 0 aliphatic carbocycles. The molecule has 0 heterocycles. The van der Waals surface area contributed by atoms with Gasteiger partial charge in [-0.3, -0.25) is 14.9 Å². The molecule has 24 heavy (non-hydrogen) atoms. The molecule has 8 nitrogen and oxygen atoms in total. The third kappa shape index (κ3) is 4.65. The summed E-state index contributed by atoms with van der Waals surface area (Å²) in [6.45, 7) is -0.511. The summed E-state index contributed by atoms with van der Waals surface area (Å²) in [6.07, 6.45) is 0. The number of hydrogen-bond acceptors (Lipinski definition) is 6. The molecule has 0 spiro atoms. The predicted molar refractivity (Wildman–Crippen MR) is 95.6 cm³/mol. The number of amides is 1. The van der Waals surface area contributed by atoms with E-state index in [1.54, 1.807) is 12.1 Å². The van der Waals surface area contributed by atoms with Crippen molar-refractivity contribution in [2.24, 2.45) is 0 Å². The molecule has 0 saturated carbocycles. The number of benzene rings is 2. The average Bonchev–Trinajstić information content (AvgIpc) is 2.55. The third-order valence-electron chi connectivity index (χ3n) is 2.93. The summed E-state index contributed by atoms with van der Waals surface area (Å²) in [4.78, 5) is 33.7. The molecule has 9 heteroatoms. The second-order valence-corrected chi connectivity index (χ2v) is 5.91. The van der Waals surface area contributed by atoms with E-state index >= 15 is 0 Å². The number of nitrogens with two attached hydrogens (primary N) is 1. The second kappa shape index (κ2) is 7.73. The van der Waals surface area contributed by atoms with E-state index in [9.17, 15) is 19.7 Å². The largest absolute Gasteiger partial charge is 0.452 e. The van der Waals surface area contributed by atoms with E-state index < -0.39 is 29.1 Å². The number of nitro benzene ring substituents is 1. The Morgan fingerprint density at radius 2 is 1.88 bits per heavy atom. The molecule has 2 rings (SSSR count). The van der Waals surface area contributed by atoms with Gasteiger partial charge >= 0.3 is 5.97 Å². The summed E-state index contributed by atoms with van der Waals surface area (Å²) in [6, 6.07) is 10.6. The van der Waals surface area contributed by atoms with Crippen LogP contribution in [-0.2, 0) is 9.53 Å². The average molecular weight is 441 g/mol. The van der Waals surface area contributed by atoms with Gasteiger partial charge in [-0.15, -0.1) is 0 Å². The van der Waals surface area contributed by atoms with E-state index in [4.69, 9.17) is 10.5 Å². The van der Waals surface area contributed by atoms with Crippen LogP contribution in [0.2, 0.25) is 0 Å². The molecule has 0 aliphatic rings. The van der Waals surface area contributed by atoms with E-state index in [-0.39, 0.29) is 11.3 Å². The number of hydrogen-bond donors (Lipinski definition) is 2. The summed E-state index contributed by atoms with van der Waals surface area (Å²) in [5.74, 6) is -1.37. The van der Waals surface area contributed by atoms with Crippen molar-refractivity contribution in [3.05, 3.63) is 61.7 Å². The predicted octanol–water partition coefficient (Wildman–Crippen LogP) is 2.58. The van der Waals surface area contributed by atoms with Gasteiger partial charge in [0.15, 0.2) is 6.61 Å². The van der Waals surface area contributed by atoms with Crippen LogP contribution in [0.5, 0.6) is 0 Å². The van der Waals surface area contributed by atoms with Gasteiger partial charge in [-0.05, 0) is 59.0 Å². The zero-order chi connectivity index (χ0) is 17.7. The molecule has 0 atom stereocenters. The lowest BCUT2D eigenvalue weighted by molar-refractivity contribution is -0.383. The topological polar surface area (TPSA) is 125 Å². The monoisotopic (exact) mass is 441 g/mol. The van der Waals surface area contributed by atoms with E-state index in [2.05, 4.69) is 27.9 Å². The van der Waals surface area contributed by atoms with E-state index in [1.165, 1.54) is 12.1 Å². The highest BCUT2D eigenvalue weighted by atomic mass is 127. The molecule has 0 unspecified atom stereocenters. The highest BCUT2D eigenvalue weighted by molar-refractivity contribution is 14.1. The van der Waals surface area contributed by atoms with Crippen molar-refractivity contribution in [3.63, 3.8) is 0 Å². The molecule has 0 aliphatic heterocycles. The number of nitrogens with zero attached hydrogens (tertiary/aromatic N) is 1. The van der Waals surface area contributed by atoms with Gasteiger partial charge in [-0.1, -0.05) is 0 Å². The number of esters is 1. The van der Waals surface area contributed by atoms with Crippen molar-refractivity contribution < 1.29 is 19.2 Å². The molecule has 3 N–H and O–H groups in total. The summed E-state index contributed by atoms with van der Waals surface area (Å²) in [5, 5.41) is 13.4. The van der Waals surface area contributed by atoms with E-state index in [0.717, 1.165) is 9.64 Å². The Bertz CT molecular complexity index is 792. The Morgan fingerprint density at radius 1 is 1.21 bits per heavy atom. The first-order valence-electron chi connectivity index (χ1n) is 6.63. The molecule has 0 radical (unpaired) electrons. The van der Waals surface area contributed by atoms with Gasteiger partial charge in [0.2, 0.25) is 0 Å². The number of carbonyl (C=O) groups is 2. The van der Waals surface area contributed by atoms with Gasteiger partial charge in [0, 0.05) is 15.3 Å². The van der Waals surface area contributed by atoms with Crippen molar-refractivity contribution in [1.82, 2.24) is 0 Å². The number of ether oxygens (including phenoxy) is 1. The molecular weight excluding hydrogens is 429 g/mol. The first-order valence-corrected chi connectivity index (χ1v) is 7.71. The standard InChI is InChI=1S/C15H12IN3O5/c16-10-2-4-11(5-3-10)18-14(20)8-24-15(21)9-1-6-12(17)13(7-9)19(22)23/h1-7H,8,17H2,(H,18,20). The van der Waals surface area contributed by atoms with Crippen molar-refractivity contribution in [3.8, 4) is 0 Å². The smallest absolute Gasteiger partial charge is 0.338 e. The normalized spacial score (nSPS) is 10.0. The summed E-state index contributed by atoms with van der Waals surface area (Å²) < 4.78 is 5.86. The molecule has 0 aromatic heterocycles. The fourth-order valence-electron chi connectivity index (χ4n) is 1.77. The Balaban J connectivity index is 1.95. The number of anilines is 2. The van der Waals surface area contributed by atoms with Crippen LogP contribution < -0.4 is 11.1 Å². The van der Waals surface area contributed by atoms with E-state index in [1.807, 2.05) is 12.1 Å². The molecule has 2 aromatic rings. The zero-order valence-electron chi connectivity index (χ0n) is 12.2. The van der Waals surface area contributed by atoms with Crippen molar-refractivity contribution in [1.29, 1.82) is 0 Å². The molecule has 2 aromatic carbocycles. The van der Waals surface area contributed by atoms with Crippen molar-refractivity contribution >= 4 is 51.5 Å². The van der Waals surface area contributed by atoms with Crippen LogP contribution in [0.3, 0.4) is 0 Å². The number of nitrogens with one attached hydrogen (secondary N) is 1. The minimum Gasteiger partial charge on any atom is -0.452 e. The number of nitro groups is 1. The van der Waals surface area contributed by atoms with Gasteiger partial charge in [-0.2, -0.15) is 0 Å². The fourth-order valence-corrected chi connectivity index (χ4v) is 2.13. The number of carbonyl (C=O) groups excluding carboxylic acids is 2. The van der Waals surface area contributed by atoms with Gasteiger partial charge in [0.05, 0.1) is 10.5 Å². The molecule has 124 valence electrons. The van der Waals surface area contributed by atoms with Crippen LogP contribution in [0.1, 0.15) is 10.4 Å².